The van der Waals surface area contributed by atoms with E-state index < -0.39 is 5.97 Å². The maximum Gasteiger partial charge on any atom is 0.354 e. The van der Waals surface area contributed by atoms with Crippen LogP contribution in [0.3, 0.4) is 0 Å². The first kappa shape index (κ1) is 21.1. The van der Waals surface area contributed by atoms with Crippen LogP contribution in [-0.4, -0.2) is 22.7 Å². The van der Waals surface area contributed by atoms with Crippen molar-refractivity contribution in [1.29, 1.82) is 0 Å². The molecule has 1 heterocycles. The molecule has 1 aromatic heterocycles. The van der Waals surface area contributed by atoms with Crippen LogP contribution >= 0.6 is 15.9 Å². The molecule has 4 nitrogen and oxygen atoms in total. The summed E-state index contributed by atoms with van der Waals surface area (Å²) in [5, 5.41) is 9.30. The molecule has 0 spiro atoms. The van der Waals surface area contributed by atoms with Crippen molar-refractivity contribution in [2.24, 2.45) is 5.92 Å². The molecule has 0 saturated heterocycles. The number of carboxylic acid groups (broad SMARTS) is 1. The Hall–Kier alpha value is -2.66. The van der Waals surface area contributed by atoms with Gasteiger partial charge in [-0.05, 0) is 41.8 Å². The van der Waals surface area contributed by atoms with Gasteiger partial charge in [0.25, 0.3) is 0 Å². The second-order valence-electron chi connectivity index (χ2n) is 6.89. The number of pyridine rings is 1. The van der Waals surface area contributed by atoms with Crippen LogP contribution in [0, 0.1) is 5.92 Å². The van der Waals surface area contributed by atoms with Gasteiger partial charge in [0, 0.05) is 15.6 Å². The Bertz CT molecular complexity index is 999. The van der Waals surface area contributed by atoms with E-state index in [4.69, 9.17) is 4.74 Å². The second kappa shape index (κ2) is 9.70. The highest BCUT2D eigenvalue weighted by molar-refractivity contribution is 9.10. The average Bonchev–Trinajstić information content (AvgIpc) is 2.75. The number of aromatic nitrogens is 1. The Morgan fingerprint density at radius 3 is 2.41 bits per heavy atom. The maximum absolute atomic E-state index is 11.4. The summed E-state index contributed by atoms with van der Waals surface area (Å²) < 4.78 is 7.16. The van der Waals surface area contributed by atoms with E-state index in [0.29, 0.717) is 18.2 Å². The summed E-state index contributed by atoms with van der Waals surface area (Å²) in [6.07, 6.45) is 2.15. The van der Waals surface area contributed by atoms with E-state index in [9.17, 15) is 9.90 Å². The number of hydrogen-bond donors (Lipinski definition) is 1. The molecule has 2 aromatic carbocycles. The minimum atomic E-state index is -1.04. The number of rotatable bonds is 8. The molecule has 0 aliphatic heterocycles. The molecule has 0 saturated carbocycles. The fraction of sp³-hybridized carbons (Fsp3) is 0.250. The third kappa shape index (κ3) is 5.04. The molecule has 0 amide bonds. The molecule has 0 atom stereocenters. The van der Waals surface area contributed by atoms with Crippen LogP contribution in [0.4, 0.5) is 0 Å². The summed E-state index contributed by atoms with van der Waals surface area (Å²) >= 11 is 3.56. The van der Waals surface area contributed by atoms with Crippen molar-refractivity contribution in [2.45, 2.75) is 26.7 Å². The second-order valence-corrected chi connectivity index (χ2v) is 7.81. The van der Waals surface area contributed by atoms with Crippen molar-refractivity contribution >= 4 is 21.9 Å². The zero-order valence-electron chi connectivity index (χ0n) is 16.6. The average molecular weight is 454 g/mol. The summed E-state index contributed by atoms with van der Waals surface area (Å²) in [5.74, 6) is 0.276. The molecule has 1 N–H and O–H groups in total. The van der Waals surface area contributed by atoms with Crippen LogP contribution in [-0.2, 0) is 0 Å². The fourth-order valence-corrected chi connectivity index (χ4v) is 3.58. The third-order valence-corrected chi connectivity index (χ3v) is 5.53. The zero-order valence-corrected chi connectivity index (χ0v) is 18.1. The van der Waals surface area contributed by atoms with E-state index in [1.54, 1.807) is 6.07 Å². The molecule has 0 bridgehead atoms. The molecular formula is C24H24BrNO3. The molecule has 0 radical (unpaired) electrons. The predicted molar refractivity (Wildman–Crippen MR) is 119 cm³/mol. The van der Waals surface area contributed by atoms with E-state index in [-0.39, 0.29) is 5.69 Å². The van der Waals surface area contributed by atoms with Crippen molar-refractivity contribution < 1.29 is 14.6 Å². The van der Waals surface area contributed by atoms with Crippen molar-refractivity contribution in [1.82, 2.24) is 4.98 Å². The van der Waals surface area contributed by atoms with Gasteiger partial charge in [0.1, 0.15) is 11.4 Å². The largest absolute Gasteiger partial charge is 0.493 e. The summed E-state index contributed by atoms with van der Waals surface area (Å²) in [7, 11) is 0. The monoisotopic (exact) mass is 453 g/mol. The number of halogens is 1. The van der Waals surface area contributed by atoms with E-state index in [0.717, 1.165) is 39.8 Å². The minimum absolute atomic E-state index is 0.0248. The van der Waals surface area contributed by atoms with Gasteiger partial charge in [0.2, 0.25) is 0 Å². The van der Waals surface area contributed by atoms with Crippen LogP contribution in [0.15, 0.2) is 65.1 Å². The number of carbonyl (C=O) groups is 1. The standard InChI is InChI=1S/C24H24BrNO3/c1-3-16(4-2)15-29-23-13-12-17(25)14-20(23)18-8-5-6-9-19(18)21-10-7-11-22(26-21)24(27)28/h5-14,16H,3-4,15H2,1-2H3,(H,27,28). The van der Waals surface area contributed by atoms with E-state index in [2.05, 4.69) is 34.8 Å². The Kier molecular flexibility index (Phi) is 7.04. The number of ether oxygens (including phenoxy) is 1. The molecule has 0 fully saturated rings. The van der Waals surface area contributed by atoms with Gasteiger partial charge in [-0.15, -0.1) is 0 Å². The zero-order chi connectivity index (χ0) is 20.8. The molecule has 0 aliphatic carbocycles. The summed E-state index contributed by atoms with van der Waals surface area (Å²) in [5.41, 5.74) is 3.40. The highest BCUT2D eigenvalue weighted by Crippen LogP contribution is 2.38. The highest BCUT2D eigenvalue weighted by atomic mass is 79.9. The first-order valence-electron chi connectivity index (χ1n) is 9.76. The quantitative estimate of drug-likeness (QED) is 0.412. The maximum atomic E-state index is 11.4. The number of aromatic carboxylic acids is 1. The number of hydrogen-bond acceptors (Lipinski definition) is 3. The van der Waals surface area contributed by atoms with Crippen LogP contribution < -0.4 is 4.74 Å². The molecule has 0 aliphatic rings. The van der Waals surface area contributed by atoms with Gasteiger partial charge in [-0.2, -0.15) is 0 Å². The van der Waals surface area contributed by atoms with Crippen LogP contribution in [0.2, 0.25) is 0 Å². The van der Waals surface area contributed by atoms with E-state index >= 15 is 0 Å². The molecule has 3 rings (SSSR count). The van der Waals surface area contributed by atoms with E-state index in [1.165, 1.54) is 6.07 Å². The highest BCUT2D eigenvalue weighted by Gasteiger charge is 2.16. The SMILES string of the molecule is CCC(CC)COc1ccc(Br)cc1-c1ccccc1-c1cccc(C(=O)O)n1. The van der Waals surface area contributed by atoms with Gasteiger partial charge in [-0.25, -0.2) is 9.78 Å². The lowest BCUT2D eigenvalue weighted by Crippen LogP contribution is -2.10. The topological polar surface area (TPSA) is 59.4 Å². The lowest BCUT2D eigenvalue weighted by atomic mass is 9.96. The van der Waals surface area contributed by atoms with Crippen molar-refractivity contribution in [2.75, 3.05) is 6.61 Å². The van der Waals surface area contributed by atoms with Gasteiger partial charge < -0.3 is 9.84 Å². The van der Waals surface area contributed by atoms with Crippen molar-refractivity contribution in [3.05, 3.63) is 70.8 Å². The summed E-state index contributed by atoms with van der Waals surface area (Å²) in [6, 6.07) is 18.9. The summed E-state index contributed by atoms with van der Waals surface area (Å²) in [6.45, 7) is 5.02. The lowest BCUT2D eigenvalue weighted by molar-refractivity contribution is 0.0690. The van der Waals surface area contributed by atoms with Gasteiger partial charge in [-0.1, -0.05) is 73.0 Å². The first-order chi connectivity index (χ1) is 14.0. The third-order valence-electron chi connectivity index (χ3n) is 5.03. The predicted octanol–water partition coefficient (Wildman–Crippen LogP) is 6.69. The molecular weight excluding hydrogens is 430 g/mol. The Labute approximate surface area is 179 Å². The molecule has 0 unspecified atom stereocenters. The number of carboxylic acids is 1. The first-order valence-corrected chi connectivity index (χ1v) is 10.5. The van der Waals surface area contributed by atoms with Gasteiger partial charge >= 0.3 is 5.97 Å². The number of benzene rings is 2. The normalized spacial score (nSPS) is 10.9. The molecule has 150 valence electrons. The summed E-state index contributed by atoms with van der Waals surface area (Å²) in [4.78, 5) is 15.7. The Balaban J connectivity index is 2.07. The van der Waals surface area contributed by atoms with E-state index in [1.807, 2.05) is 48.5 Å². The molecule has 29 heavy (non-hydrogen) atoms. The number of nitrogens with zero attached hydrogens (tertiary/aromatic N) is 1. The Morgan fingerprint density at radius 2 is 1.72 bits per heavy atom. The van der Waals surface area contributed by atoms with Crippen molar-refractivity contribution in [3.63, 3.8) is 0 Å². The lowest BCUT2D eigenvalue weighted by Gasteiger charge is -2.18. The van der Waals surface area contributed by atoms with Gasteiger partial charge in [0.05, 0.1) is 12.3 Å². The minimum Gasteiger partial charge on any atom is -0.493 e. The van der Waals surface area contributed by atoms with Crippen LogP contribution in [0.1, 0.15) is 37.2 Å². The van der Waals surface area contributed by atoms with Crippen molar-refractivity contribution in [3.8, 4) is 28.1 Å². The molecule has 5 heteroatoms. The van der Waals surface area contributed by atoms with Crippen LogP contribution in [0.5, 0.6) is 5.75 Å². The fourth-order valence-electron chi connectivity index (χ4n) is 3.22. The van der Waals surface area contributed by atoms with Gasteiger partial charge in [-0.3, -0.25) is 0 Å². The van der Waals surface area contributed by atoms with Crippen LogP contribution in [0.25, 0.3) is 22.4 Å². The molecule has 3 aromatic rings. The smallest absolute Gasteiger partial charge is 0.354 e. The Morgan fingerprint density at radius 1 is 1.00 bits per heavy atom. The van der Waals surface area contributed by atoms with Gasteiger partial charge in [0.15, 0.2) is 0 Å².